The predicted molar refractivity (Wildman–Crippen MR) is 39.7 cm³/mol. The first-order valence-electron chi connectivity index (χ1n) is 3.11. The van der Waals surface area contributed by atoms with Crippen LogP contribution in [0.2, 0.25) is 0 Å². The van der Waals surface area contributed by atoms with Gasteiger partial charge in [0.15, 0.2) is 0 Å². The van der Waals surface area contributed by atoms with Crippen molar-refractivity contribution in [2.75, 3.05) is 0 Å². The van der Waals surface area contributed by atoms with E-state index in [4.69, 9.17) is 0 Å². The van der Waals surface area contributed by atoms with Gasteiger partial charge in [0.05, 0.1) is 18.0 Å². The van der Waals surface area contributed by atoms with E-state index >= 15 is 0 Å². The monoisotopic (exact) mass is 131 g/mol. The lowest BCUT2D eigenvalue weighted by Crippen LogP contribution is -1.85. The number of hydrogen-bond donors (Lipinski definition) is 0. The lowest BCUT2D eigenvalue weighted by molar-refractivity contribution is 1.12. The van der Waals surface area contributed by atoms with E-state index in [9.17, 15) is 0 Å². The molecule has 49 valence electrons. The second-order valence-corrected chi connectivity index (χ2v) is 2.21. The van der Waals surface area contributed by atoms with E-state index < -0.39 is 0 Å². The van der Waals surface area contributed by atoms with Gasteiger partial charge in [0, 0.05) is 5.69 Å². The van der Waals surface area contributed by atoms with Crippen LogP contribution in [0.5, 0.6) is 0 Å². The van der Waals surface area contributed by atoms with Crippen LogP contribution in [-0.4, -0.2) is 9.38 Å². The summed E-state index contributed by atoms with van der Waals surface area (Å²) < 4.78 is 1.94. The largest absolute Gasteiger partial charge is 0.303 e. The van der Waals surface area contributed by atoms with E-state index in [0.29, 0.717) is 0 Å². The van der Waals surface area contributed by atoms with Gasteiger partial charge in [0.25, 0.3) is 0 Å². The molecule has 0 fully saturated rings. The number of pyridine rings is 1. The molecule has 0 saturated heterocycles. The Hall–Kier alpha value is -1.31. The zero-order valence-corrected chi connectivity index (χ0v) is 5.49. The van der Waals surface area contributed by atoms with Crippen LogP contribution in [-0.2, 0) is 0 Å². The van der Waals surface area contributed by atoms with Crippen LogP contribution in [0.1, 0.15) is 5.69 Å². The third-order valence-electron chi connectivity index (χ3n) is 1.53. The minimum absolute atomic E-state index is 0.968. The fourth-order valence-electron chi connectivity index (χ4n) is 1.01. The van der Waals surface area contributed by atoms with Crippen molar-refractivity contribution < 1.29 is 0 Å². The van der Waals surface area contributed by atoms with Crippen molar-refractivity contribution in [2.45, 2.75) is 0 Å². The van der Waals surface area contributed by atoms with Crippen LogP contribution in [0.3, 0.4) is 0 Å². The third kappa shape index (κ3) is 0.620. The van der Waals surface area contributed by atoms with Crippen molar-refractivity contribution in [3.63, 3.8) is 0 Å². The Kier molecular flexibility index (Phi) is 1.01. The summed E-state index contributed by atoms with van der Waals surface area (Å²) in [5.74, 6) is 0. The van der Waals surface area contributed by atoms with Crippen molar-refractivity contribution in [3.8, 4) is 0 Å². The maximum Gasteiger partial charge on any atom is 0.0994 e. The molecule has 0 saturated carbocycles. The molecule has 0 amide bonds. The van der Waals surface area contributed by atoms with Gasteiger partial charge in [-0.05, 0) is 19.1 Å². The standard InChI is InChI=1S/C8H7N2/c1-7-3-2-4-8-5-9-6-10(7)8/h2-6H,1H2. The van der Waals surface area contributed by atoms with E-state index in [2.05, 4.69) is 11.9 Å². The molecule has 10 heavy (non-hydrogen) atoms. The number of hydrogen-bond acceptors (Lipinski definition) is 1. The van der Waals surface area contributed by atoms with Crippen LogP contribution in [0.25, 0.3) is 5.52 Å². The highest BCUT2D eigenvalue weighted by Crippen LogP contribution is 2.04. The number of rotatable bonds is 0. The van der Waals surface area contributed by atoms with E-state index in [1.165, 1.54) is 0 Å². The first-order chi connectivity index (χ1) is 4.88. The molecule has 0 atom stereocenters. The minimum Gasteiger partial charge on any atom is -0.303 e. The first kappa shape index (κ1) is 5.47. The average molecular weight is 131 g/mol. The zero-order chi connectivity index (χ0) is 6.97. The average Bonchev–Trinajstić information content (AvgIpc) is 2.36. The first-order valence-corrected chi connectivity index (χ1v) is 3.11. The maximum absolute atomic E-state index is 3.99. The molecule has 0 aliphatic carbocycles. The Bertz CT molecular complexity index is 349. The second kappa shape index (κ2) is 1.84. The number of nitrogens with zero attached hydrogens (tertiary/aromatic N) is 2. The predicted octanol–water partition coefficient (Wildman–Crippen LogP) is 1.52. The molecule has 0 aliphatic heterocycles. The summed E-state index contributed by atoms with van der Waals surface area (Å²) in [6, 6.07) is 5.93. The summed E-state index contributed by atoms with van der Waals surface area (Å²) in [5.41, 5.74) is 2.06. The highest BCUT2D eigenvalue weighted by atomic mass is 15.0. The molecule has 2 aromatic rings. The molecule has 0 N–H and O–H groups in total. The van der Waals surface area contributed by atoms with Crippen molar-refractivity contribution in [2.24, 2.45) is 0 Å². The zero-order valence-electron chi connectivity index (χ0n) is 5.49. The van der Waals surface area contributed by atoms with Gasteiger partial charge < -0.3 is 4.40 Å². The fourth-order valence-corrected chi connectivity index (χ4v) is 1.01. The van der Waals surface area contributed by atoms with Crippen LogP contribution in [0, 0.1) is 6.92 Å². The third-order valence-corrected chi connectivity index (χ3v) is 1.53. The smallest absolute Gasteiger partial charge is 0.0994 e. The Balaban J connectivity index is 2.95. The highest BCUT2D eigenvalue weighted by molar-refractivity contribution is 5.45. The van der Waals surface area contributed by atoms with Gasteiger partial charge in [-0.1, -0.05) is 6.07 Å². The van der Waals surface area contributed by atoms with E-state index in [-0.39, 0.29) is 0 Å². The normalized spacial score (nSPS) is 10.5. The van der Waals surface area contributed by atoms with Gasteiger partial charge in [-0.3, -0.25) is 0 Å². The van der Waals surface area contributed by atoms with Gasteiger partial charge in [-0.25, -0.2) is 4.98 Å². The van der Waals surface area contributed by atoms with E-state index in [0.717, 1.165) is 11.2 Å². The second-order valence-electron chi connectivity index (χ2n) is 2.21. The van der Waals surface area contributed by atoms with Crippen molar-refractivity contribution in [1.29, 1.82) is 0 Å². The minimum atomic E-state index is 0.968. The molecule has 0 unspecified atom stereocenters. The van der Waals surface area contributed by atoms with Crippen molar-refractivity contribution >= 4 is 5.52 Å². The molecule has 2 rings (SSSR count). The van der Waals surface area contributed by atoms with Gasteiger partial charge in [0.2, 0.25) is 0 Å². The number of aromatic nitrogens is 2. The summed E-state index contributed by atoms with van der Waals surface area (Å²) in [7, 11) is 0. The Morgan fingerprint density at radius 2 is 2.30 bits per heavy atom. The fraction of sp³-hybridized carbons (Fsp3) is 0. The molecule has 2 heterocycles. The van der Waals surface area contributed by atoms with Crippen LogP contribution < -0.4 is 0 Å². The number of fused-ring (bicyclic) bond motifs is 1. The van der Waals surface area contributed by atoms with E-state index in [1.54, 1.807) is 6.33 Å². The molecule has 0 bridgehead atoms. The van der Waals surface area contributed by atoms with Crippen LogP contribution >= 0.6 is 0 Å². The Morgan fingerprint density at radius 3 is 3.10 bits per heavy atom. The highest BCUT2D eigenvalue weighted by Gasteiger charge is 1.91. The van der Waals surface area contributed by atoms with Gasteiger partial charge in [-0.2, -0.15) is 0 Å². The van der Waals surface area contributed by atoms with Gasteiger partial charge in [0.1, 0.15) is 0 Å². The van der Waals surface area contributed by atoms with E-state index in [1.807, 2.05) is 28.8 Å². The van der Waals surface area contributed by atoms with Crippen LogP contribution in [0.15, 0.2) is 30.7 Å². The molecule has 0 spiro atoms. The number of imidazole rings is 1. The summed E-state index contributed by atoms with van der Waals surface area (Å²) in [4.78, 5) is 3.99. The summed E-state index contributed by atoms with van der Waals surface area (Å²) in [5, 5.41) is 0. The molecule has 2 heteroatoms. The Morgan fingerprint density at radius 1 is 1.40 bits per heavy atom. The molecular weight excluding hydrogens is 124 g/mol. The molecule has 1 radical (unpaired) electrons. The molecular formula is C8H7N2. The summed E-state index contributed by atoms with van der Waals surface area (Å²) in [6.45, 7) is 3.84. The lowest BCUT2D eigenvalue weighted by atomic mass is 10.3. The molecule has 0 aromatic carbocycles. The van der Waals surface area contributed by atoms with Gasteiger partial charge >= 0.3 is 0 Å². The lowest BCUT2D eigenvalue weighted by Gasteiger charge is -1.95. The maximum atomic E-state index is 3.99. The van der Waals surface area contributed by atoms with Crippen molar-refractivity contribution in [3.05, 3.63) is 43.3 Å². The molecule has 2 aromatic heterocycles. The summed E-state index contributed by atoms with van der Waals surface area (Å²) in [6.07, 6.45) is 3.58. The Labute approximate surface area is 59.1 Å². The van der Waals surface area contributed by atoms with Crippen molar-refractivity contribution in [1.82, 2.24) is 9.38 Å². The van der Waals surface area contributed by atoms with Gasteiger partial charge in [-0.15, -0.1) is 0 Å². The summed E-state index contributed by atoms with van der Waals surface area (Å²) >= 11 is 0. The SMILES string of the molecule is [CH2]c1cccc2cncn12. The quantitative estimate of drug-likeness (QED) is 0.529. The van der Waals surface area contributed by atoms with Crippen LogP contribution in [0.4, 0.5) is 0 Å². The molecule has 0 aliphatic rings. The topological polar surface area (TPSA) is 17.3 Å². The molecule has 2 nitrogen and oxygen atoms in total.